The van der Waals surface area contributed by atoms with E-state index in [9.17, 15) is 0 Å². The Hall–Kier alpha value is -0.0400. The number of hydrogen-bond acceptors (Lipinski definition) is 1. The highest BCUT2D eigenvalue weighted by molar-refractivity contribution is 4.96. The Bertz CT molecular complexity index is 92.7. The lowest BCUT2D eigenvalue weighted by molar-refractivity contribution is 0.507. The minimum absolute atomic E-state index is 0.718. The second kappa shape index (κ2) is 2.30. The maximum Gasteiger partial charge on any atom is 0.00692 e. The van der Waals surface area contributed by atoms with E-state index in [2.05, 4.69) is 26.1 Å². The van der Waals surface area contributed by atoms with Gasteiger partial charge in [-0.3, -0.25) is 0 Å². The van der Waals surface area contributed by atoms with Gasteiger partial charge < -0.3 is 5.32 Å². The highest BCUT2D eigenvalue weighted by Crippen LogP contribution is 2.47. The molecule has 54 valence electrons. The van der Waals surface area contributed by atoms with Crippen LogP contribution in [0.5, 0.6) is 0 Å². The SMILES string of the molecule is CNC(C)C1C(C)C1C. The first-order valence-electron chi connectivity index (χ1n) is 3.85. The van der Waals surface area contributed by atoms with Gasteiger partial charge in [-0.2, -0.15) is 0 Å². The average molecular weight is 127 g/mol. The van der Waals surface area contributed by atoms with E-state index in [1.165, 1.54) is 0 Å². The van der Waals surface area contributed by atoms with Crippen molar-refractivity contribution in [2.45, 2.75) is 26.8 Å². The molecule has 0 aliphatic heterocycles. The molecule has 0 aromatic heterocycles. The predicted octanol–water partition coefficient (Wildman–Crippen LogP) is 1.50. The molecule has 0 aromatic carbocycles. The summed E-state index contributed by atoms with van der Waals surface area (Å²) in [5, 5.41) is 3.29. The zero-order valence-electron chi connectivity index (χ0n) is 6.81. The second-order valence-corrected chi connectivity index (χ2v) is 3.37. The van der Waals surface area contributed by atoms with E-state index in [0.717, 1.165) is 23.8 Å². The molecule has 1 N–H and O–H groups in total. The van der Waals surface area contributed by atoms with Crippen LogP contribution in [0.25, 0.3) is 0 Å². The number of hydrogen-bond donors (Lipinski definition) is 1. The molecule has 0 bridgehead atoms. The Balaban J connectivity index is 2.31. The quantitative estimate of drug-likeness (QED) is 0.592. The topological polar surface area (TPSA) is 12.0 Å². The average Bonchev–Trinajstić information content (AvgIpc) is 2.40. The van der Waals surface area contributed by atoms with Gasteiger partial charge in [-0.15, -0.1) is 0 Å². The lowest BCUT2D eigenvalue weighted by Gasteiger charge is -2.07. The van der Waals surface area contributed by atoms with Gasteiger partial charge in [0, 0.05) is 6.04 Å². The van der Waals surface area contributed by atoms with Crippen LogP contribution in [0, 0.1) is 17.8 Å². The summed E-state index contributed by atoms with van der Waals surface area (Å²) in [6.07, 6.45) is 0. The molecule has 0 spiro atoms. The summed E-state index contributed by atoms with van der Waals surface area (Å²) in [4.78, 5) is 0. The van der Waals surface area contributed by atoms with Crippen molar-refractivity contribution in [2.75, 3.05) is 7.05 Å². The Kier molecular flexibility index (Phi) is 1.80. The molecule has 1 saturated carbocycles. The van der Waals surface area contributed by atoms with Crippen molar-refractivity contribution in [3.05, 3.63) is 0 Å². The van der Waals surface area contributed by atoms with Gasteiger partial charge in [0.2, 0.25) is 0 Å². The van der Waals surface area contributed by atoms with E-state index in [0.29, 0.717) is 0 Å². The van der Waals surface area contributed by atoms with E-state index in [1.807, 2.05) is 7.05 Å². The van der Waals surface area contributed by atoms with Crippen LogP contribution in [-0.4, -0.2) is 13.1 Å². The van der Waals surface area contributed by atoms with Crippen LogP contribution in [0.2, 0.25) is 0 Å². The van der Waals surface area contributed by atoms with Gasteiger partial charge in [0.05, 0.1) is 0 Å². The van der Waals surface area contributed by atoms with E-state index >= 15 is 0 Å². The van der Waals surface area contributed by atoms with Crippen molar-refractivity contribution in [1.82, 2.24) is 5.32 Å². The van der Waals surface area contributed by atoms with Crippen molar-refractivity contribution in [2.24, 2.45) is 17.8 Å². The van der Waals surface area contributed by atoms with E-state index in [-0.39, 0.29) is 0 Å². The van der Waals surface area contributed by atoms with Crippen LogP contribution >= 0.6 is 0 Å². The van der Waals surface area contributed by atoms with Crippen LogP contribution in [0.15, 0.2) is 0 Å². The van der Waals surface area contributed by atoms with Gasteiger partial charge in [-0.05, 0) is 31.7 Å². The molecule has 9 heavy (non-hydrogen) atoms. The summed E-state index contributed by atoms with van der Waals surface area (Å²) in [5.41, 5.74) is 0. The van der Waals surface area contributed by atoms with Gasteiger partial charge in [-0.25, -0.2) is 0 Å². The summed E-state index contributed by atoms with van der Waals surface area (Å²) in [6, 6.07) is 0.718. The molecular weight excluding hydrogens is 110 g/mol. The van der Waals surface area contributed by atoms with Crippen molar-refractivity contribution >= 4 is 0 Å². The fraction of sp³-hybridized carbons (Fsp3) is 1.00. The fourth-order valence-corrected chi connectivity index (χ4v) is 1.80. The molecule has 1 rings (SSSR count). The third kappa shape index (κ3) is 1.11. The highest BCUT2D eigenvalue weighted by Gasteiger charge is 2.45. The minimum atomic E-state index is 0.718. The summed E-state index contributed by atoms with van der Waals surface area (Å²) < 4.78 is 0. The van der Waals surface area contributed by atoms with Gasteiger partial charge in [0.15, 0.2) is 0 Å². The summed E-state index contributed by atoms with van der Waals surface area (Å²) in [5.74, 6) is 2.84. The molecule has 0 saturated heterocycles. The van der Waals surface area contributed by atoms with Crippen molar-refractivity contribution in [3.8, 4) is 0 Å². The minimum Gasteiger partial charge on any atom is -0.317 e. The normalized spacial score (nSPS) is 44.7. The Morgan fingerprint density at radius 1 is 1.22 bits per heavy atom. The number of nitrogens with one attached hydrogen (secondary N) is 1. The summed E-state index contributed by atoms with van der Waals surface area (Å²) >= 11 is 0. The first-order chi connectivity index (χ1) is 4.18. The van der Waals surface area contributed by atoms with Gasteiger partial charge in [0.25, 0.3) is 0 Å². The van der Waals surface area contributed by atoms with Crippen molar-refractivity contribution < 1.29 is 0 Å². The third-order valence-corrected chi connectivity index (χ3v) is 2.94. The van der Waals surface area contributed by atoms with Gasteiger partial charge in [-0.1, -0.05) is 13.8 Å². The molecule has 1 heteroatoms. The van der Waals surface area contributed by atoms with Crippen LogP contribution in [-0.2, 0) is 0 Å². The Morgan fingerprint density at radius 3 is 1.78 bits per heavy atom. The van der Waals surface area contributed by atoms with Gasteiger partial charge >= 0.3 is 0 Å². The maximum atomic E-state index is 3.29. The second-order valence-electron chi connectivity index (χ2n) is 3.37. The standard InChI is InChI=1S/C8H17N/c1-5-6(2)8(5)7(3)9-4/h5-9H,1-4H3. The van der Waals surface area contributed by atoms with Crippen molar-refractivity contribution in [1.29, 1.82) is 0 Å². The number of rotatable bonds is 2. The third-order valence-electron chi connectivity index (χ3n) is 2.94. The van der Waals surface area contributed by atoms with E-state index in [4.69, 9.17) is 0 Å². The van der Waals surface area contributed by atoms with Crippen LogP contribution in [0.4, 0.5) is 0 Å². The molecule has 1 fully saturated rings. The molecule has 1 nitrogen and oxygen atoms in total. The lowest BCUT2D eigenvalue weighted by atomic mass is 10.2. The van der Waals surface area contributed by atoms with E-state index < -0.39 is 0 Å². The molecule has 1 aliphatic carbocycles. The van der Waals surface area contributed by atoms with Crippen molar-refractivity contribution in [3.63, 3.8) is 0 Å². The fourth-order valence-electron chi connectivity index (χ4n) is 1.80. The molecule has 0 heterocycles. The molecule has 3 atom stereocenters. The zero-order chi connectivity index (χ0) is 7.02. The van der Waals surface area contributed by atoms with Crippen LogP contribution in [0.1, 0.15) is 20.8 Å². The monoisotopic (exact) mass is 127 g/mol. The molecule has 3 unspecified atom stereocenters. The smallest absolute Gasteiger partial charge is 0.00692 e. The lowest BCUT2D eigenvalue weighted by Crippen LogP contribution is -2.24. The Labute approximate surface area is 57.8 Å². The van der Waals surface area contributed by atoms with Gasteiger partial charge in [0.1, 0.15) is 0 Å². The summed E-state index contributed by atoms with van der Waals surface area (Å²) in [6.45, 7) is 6.94. The predicted molar refractivity (Wildman–Crippen MR) is 40.3 cm³/mol. The van der Waals surface area contributed by atoms with Crippen LogP contribution in [0.3, 0.4) is 0 Å². The molecule has 0 aromatic rings. The molecule has 1 aliphatic rings. The van der Waals surface area contributed by atoms with E-state index in [1.54, 1.807) is 0 Å². The Morgan fingerprint density at radius 2 is 1.67 bits per heavy atom. The zero-order valence-corrected chi connectivity index (χ0v) is 6.81. The first-order valence-corrected chi connectivity index (χ1v) is 3.85. The largest absolute Gasteiger partial charge is 0.317 e. The molecule has 0 amide bonds. The first kappa shape index (κ1) is 7.07. The summed E-state index contributed by atoms with van der Waals surface area (Å²) in [7, 11) is 2.04. The molecule has 0 radical (unpaired) electrons. The maximum absolute atomic E-state index is 3.29. The van der Waals surface area contributed by atoms with Crippen LogP contribution < -0.4 is 5.32 Å². The highest BCUT2D eigenvalue weighted by atomic mass is 14.9. The molecular formula is C8H17N.